The highest BCUT2D eigenvalue weighted by molar-refractivity contribution is 6.74. The summed E-state index contributed by atoms with van der Waals surface area (Å²) in [5.41, 5.74) is 3.93. The van der Waals surface area contributed by atoms with Crippen LogP contribution in [0, 0.1) is 12.7 Å². The Morgan fingerprint density at radius 3 is 2.60 bits per heavy atom. The minimum absolute atomic E-state index is 0.0181. The van der Waals surface area contributed by atoms with Crippen molar-refractivity contribution in [1.82, 2.24) is 24.0 Å². The molecule has 42 heavy (non-hydrogen) atoms. The molecule has 4 heterocycles. The Morgan fingerprint density at radius 2 is 1.95 bits per heavy atom. The highest BCUT2D eigenvalue weighted by Crippen LogP contribution is 2.39. The van der Waals surface area contributed by atoms with E-state index < -0.39 is 20.2 Å². The minimum atomic E-state index is -2.16. The number of carbonyl (C=O) groups excluding carboxylic acids is 1. The monoisotopic (exact) mass is 590 g/mol. The van der Waals surface area contributed by atoms with E-state index in [9.17, 15) is 9.18 Å². The lowest BCUT2D eigenvalue weighted by Crippen LogP contribution is -2.44. The van der Waals surface area contributed by atoms with Gasteiger partial charge in [0.2, 0.25) is 5.95 Å². The fourth-order valence-corrected chi connectivity index (χ4v) is 5.83. The first kappa shape index (κ1) is 29.5. The predicted molar refractivity (Wildman–Crippen MR) is 164 cm³/mol. The number of hydrogen-bond donors (Lipinski definition) is 1. The molecule has 1 N–H and O–H groups in total. The molecule has 0 bridgehead atoms. The third-order valence-corrected chi connectivity index (χ3v) is 12.9. The van der Waals surface area contributed by atoms with E-state index >= 15 is 0 Å². The molecule has 1 amide bonds. The molecule has 0 unspecified atom stereocenters. The van der Waals surface area contributed by atoms with Gasteiger partial charge in [0.15, 0.2) is 8.32 Å². The molecule has 5 rings (SSSR count). The fraction of sp³-hybridized carbons (Fsp3) is 0.387. The van der Waals surface area contributed by atoms with E-state index in [0.717, 1.165) is 28.3 Å². The van der Waals surface area contributed by atoms with E-state index in [1.54, 1.807) is 21.7 Å². The molecule has 11 heteroatoms. The molecule has 9 nitrogen and oxygen atoms in total. The molecule has 1 atom stereocenters. The van der Waals surface area contributed by atoms with Crippen LogP contribution >= 0.6 is 0 Å². The topological polar surface area (TPSA) is 86.4 Å². The number of aryl methyl sites for hydroxylation is 2. The van der Waals surface area contributed by atoms with Crippen LogP contribution in [0.2, 0.25) is 18.1 Å². The zero-order valence-electron chi connectivity index (χ0n) is 25.5. The average molecular weight is 591 g/mol. The van der Waals surface area contributed by atoms with Crippen LogP contribution in [-0.4, -0.2) is 52.1 Å². The number of amides is 1. The number of methoxy groups -OCH3 is 1. The first-order chi connectivity index (χ1) is 19.8. The Labute approximate surface area is 247 Å². The lowest BCUT2D eigenvalue weighted by atomic mass is 10.1. The summed E-state index contributed by atoms with van der Waals surface area (Å²) in [5, 5.41) is 3.23. The van der Waals surface area contributed by atoms with Gasteiger partial charge in [0.1, 0.15) is 17.4 Å². The van der Waals surface area contributed by atoms with Crippen LogP contribution in [0.25, 0.3) is 11.3 Å². The second-order valence-corrected chi connectivity index (χ2v) is 17.2. The molecule has 0 saturated carbocycles. The highest BCUT2D eigenvalue weighted by Gasteiger charge is 2.40. The summed E-state index contributed by atoms with van der Waals surface area (Å²) >= 11 is 0. The van der Waals surface area contributed by atoms with Gasteiger partial charge >= 0.3 is 6.03 Å². The number of halogens is 1. The van der Waals surface area contributed by atoms with E-state index in [1.807, 2.05) is 49.1 Å². The number of hydrogen-bond acceptors (Lipinski definition) is 6. The molecular formula is C31H39FN6O3Si. The second kappa shape index (κ2) is 11.0. The number of anilines is 2. The number of fused-ring (bicyclic) bond motifs is 1. The van der Waals surface area contributed by atoms with Crippen molar-refractivity contribution in [3.8, 4) is 17.0 Å². The molecule has 1 aliphatic heterocycles. The molecule has 1 aromatic carbocycles. The van der Waals surface area contributed by atoms with Crippen LogP contribution in [0.15, 0.2) is 55.0 Å². The van der Waals surface area contributed by atoms with E-state index in [2.05, 4.69) is 44.2 Å². The molecule has 0 aliphatic carbocycles. The van der Waals surface area contributed by atoms with E-state index in [1.165, 1.54) is 19.2 Å². The summed E-state index contributed by atoms with van der Waals surface area (Å²) in [6.07, 6.45) is 5.53. The lowest BCUT2D eigenvalue weighted by Gasteiger charge is -2.38. The number of nitrogens with zero attached hydrogens (tertiary/aromatic N) is 5. The Hall–Kier alpha value is -3.96. The van der Waals surface area contributed by atoms with Crippen LogP contribution in [0.3, 0.4) is 0 Å². The maximum absolute atomic E-state index is 14.6. The number of nitrogens with one attached hydrogen (secondary N) is 1. The van der Waals surface area contributed by atoms with Gasteiger partial charge in [0.05, 0.1) is 32.0 Å². The Morgan fingerprint density at radius 1 is 1.19 bits per heavy atom. The Kier molecular flexibility index (Phi) is 7.75. The van der Waals surface area contributed by atoms with Crippen LogP contribution in [0.4, 0.5) is 21.0 Å². The SMILES string of the molecule is COc1cc(F)cc([C@@H](CO[Si](C)(C)C(C)(C)C)N2Cc3cc(-c4nc(Nc5cccn5C)ncc4C)cn3C2=O)c1. The van der Waals surface area contributed by atoms with Crippen molar-refractivity contribution in [2.24, 2.45) is 7.05 Å². The van der Waals surface area contributed by atoms with Crippen molar-refractivity contribution in [3.05, 3.63) is 77.6 Å². The highest BCUT2D eigenvalue weighted by atomic mass is 28.4. The molecule has 222 valence electrons. The molecule has 0 saturated heterocycles. The van der Waals surface area contributed by atoms with Crippen molar-refractivity contribution in [2.75, 3.05) is 19.0 Å². The van der Waals surface area contributed by atoms with Crippen molar-refractivity contribution in [1.29, 1.82) is 0 Å². The largest absolute Gasteiger partial charge is 0.497 e. The zero-order chi connectivity index (χ0) is 30.4. The van der Waals surface area contributed by atoms with E-state index in [-0.39, 0.29) is 17.7 Å². The van der Waals surface area contributed by atoms with Gasteiger partial charge in [-0.25, -0.2) is 19.2 Å². The normalized spacial score (nSPS) is 14.3. The fourth-order valence-electron chi connectivity index (χ4n) is 4.83. The van der Waals surface area contributed by atoms with Crippen molar-refractivity contribution in [3.63, 3.8) is 0 Å². The summed E-state index contributed by atoms with van der Waals surface area (Å²) in [4.78, 5) is 24.8. The number of benzene rings is 1. The van der Waals surface area contributed by atoms with Crippen molar-refractivity contribution < 1.29 is 18.3 Å². The minimum Gasteiger partial charge on any atom is -0.497 e. The first-order valence-electron chi connectivity index (χ1n) is 14.0. The quantitative estimate of drug-likeness (QED) is 0.211. The van der Waals surface area contributed by atoms with Gasteiger partial charge in [-0.1, -0.05) is 20.8 Å². The smallest absolute Gasteiger partial charge is 0.329 e. The van der Waals surface area contributed by atoms with Gasteiger partial charge in [-0.15, -0.1) is 0 Å². The standard InChI is InChI=1S/C31H39FN6O3Si/c1-20-16-33-29(34-27-10-9-11-36(27)5)35-28(20)22-13-24-18-38(30(39)37(24)17-22)26(19-41-42(7,8)31(2,3)4)21-12-23(32)15-25(14-21)40-6/h9-17,26H,18-19H2,1-8H3,(H,33,34,35)/t26-/m1/s1. The summed E-state index contributed by atoms with van der Waals surface area (Å²) in [6.45, 7) is 13.4. The van der Waals surface area contributed by atoms with Gasteiger partial charge < -0.3 is 23.9 Å². The number of carbonyl (C=O) groups is 1. The molecule has 1 aliphatic rings. The van der Waals surface area contributed by atoms with Gasteiger partial charge in [0, 0.05) is 43.0 Å². The van der Waals surface area contributed by atoms with E-state index in [0.29, 0.717) is 23.8 Å². The molecule has 4 aromatic rings. The van der Waals surface area contributed by atoms with Crippen LogP contribution in [0.5, 0.6) is 5.75 Å². The molecular weight excluding hydrogens is 551 g/mol. The lowest BCUT2D eigenvalue weighted by molar-refractivity contribution is 0.144. The first-order valence-corrected chi connectivity index (χ1v) is 16.9. The molecule has 3 aromatic heterocycles. The Balaban J connectivity index is 1.44. The summed E-state index contributed by atoms with van der Waals surface area (Å²) in [7, 11) is 1.29. The predicted octanol–water partition coefficient (Wildman–Crippen LogP) is 7.03. The van der Waals surface area contributed by atoms with Gasteiger partial charge in [-0.2, -0.15) is 0 Å². The van der Waals surface area contributed by atoms with Crippen LogP contribution < -0.4 is 10.1 Å². The summed E-state index contributed by atoms with van der Waals surface area (Å²) < 4.78 is 30.2. The average Bonchev–Trinajstić information content (AvgIpc) is 3.60. The van der Waals surface area contributed by atoms with E-state index in [4.69, 9.17) is 14.1 Å². The van der Waals surface area contributed by atoms with Gasteiger partial charge in [-0.3, -0.25) is 4.57 Å². The maximum atomic E-state index is 14.6. The number of rotatable bonds is 9. The Bertz CT molecular complexity index is 1620. The maximum Gasteiger partial charge on any atom is 0.329 e. The third kappa shape index (κ3) is 5.71. The summed E-state index contributed by atoms with van der Waals surface area (Å²) in [5.74, 6) is 1.32. The van der Waals surface area contributed by atoms with Crippen molar-refractivity contribution >= 4 is 26.1 Å². The third-order valence-electron chi connectivity index (χ3n) is 8.41. The van der Waals surface area contributed by atoms with Gasteiger partial charge in [-0.05, 0) is 66.5 Å². The zero-order valence-corrected chi connectivity index (χ0v) is 26.5. The number of aromatic nitrogens is 4. The molecule has 0 radical (unpaired) electrons. The molecule has 0 fully saturated rings. The van der Waals surface area contributed by atoms with Crippen molar-refractivity contribution in [2.45, 2.75) is 58.4 Å². The van der Waals surface area contributed by atoms with Crippen LogP contribution in [0.1, 0.15) is 43.6 Å². The second-order valence-electron chi connectivity index (χ2n) is 12.4. The van der Waals surface area contributed by atoms with Gasteiger partial charge in [0.25, 0.3) is 0 Å². The summed E-state index contributed by atoms with van der Waals surface area (Å²) in [6, 6.07) is 9.75. The molecule has 0 spiro atoms. The number of ether oxygens (including phenoxy) is 1. The van der Waals surface area contributed by atoms with Crippen LogP contribution in [-0.2, 0) is 18.0 Å².